The first-order chi connectivity index (χ1) is 10.4. The highest BCUT2D eigenvalue weighted by atomic mass is 79.9. The molecule has 1 aliphatic heterocycles. The summed E-state index contributed by atoms with van der Waals surface area (Å²) >= 11 is 3.34. The molecule has 0 aromatic heterocycles. The molecule has 6 nitrogen and oxygen atoms in total. The first-order valence-electron chi connectivity index (χ1n) is 6.66. The predicted molar refractivity (Wildman–Crippen MR) is 84.9 cm³/mol. The van der Waals surface area contributed by atoms with E-state index in [1.165, 1.54) is 6.08 Å². The van der Waals surface area contributed by atoms with Gasteiger partial charge in [0.1, 0.15) is 12.1 Å². The molecular weight excluding hydrogens is 350 g/mol. The summed E-state index contributed by atoms with van der Waals surface area (Å²) in [7, 11) is 0. The number of amides is 4. The van der Waals surface area contributed by atoms with Crippen LogP contribution in [-0.2, 0) is 15.1 Å². The molecule has 1 aliphatic rings. The first-order valence-corrected chi connectivity index (χ1v) is 7.45. The van der Waals surface area contributed by atoms with Crippen molar-refractivity contribution in [2.24, 2.45) is 0 Å². The van der Waals surface area contributed by atoms with E-state index in [1.54, 1.807) is 25.1 Å². The van der Waals surface area contributed by atoms with E-state index in [0.29, 0.717) is 5.56 Å². The minimum Gasteiger partial charge on any atom is -0.351 e. The number of carbonyl (C=O) groups is 3. The molecule has 0 saturated carbocycles. The third-order valence-electron chi connectivity index (χ3n) is 3.42. The second-order valence-electron chi connectivity index (χ2n) is 5.05. The Morgan fingerprint density at radius 3 is 2.86 bits per heavy atom. The standard InChI is InChI=1S/C15H16BrN3O3/c1-3-7-17-12(20)9-19-13(21)15(2,18-14(19)22)10-5-4-6-11(16)8-10/h3-6,8H,1,7,9H2,2H3,(H,17,20)(H,18,22)/t15-/m1/s1. The number of carbonyl (C=O) groups excluding carboxylic acids is 3. The monoisotopic (exact) mass is 365 g/mol. The second kappa shape index (κ2) is 6.31. The van der Waals surface area contributed by atoms with E-state index in [-0.39, 0.29) is 13.1 Å². The Bertz CT molecular complexity index is 647. The van der Waals surface area contributed by atoms with E-state index in [4.69, 9.17) is 0 Å². The van der Waals surface area contributed by atoms with Crippen LogP contribution in [0.2, 0.25) is 0 Å². The smallest absolute Gasteiger partial charge is 0.325 e. The van der Waals surface area contributed by atoms with Crippen LogP contribution in [0.15, 0.2) is 41.4 Å². The van der Waals surface area contributed by atoms with Gasteiger partial charge in [-0.15, -0.1) is 6.58 Å². The van der Waals surface area contributed by atoms with Gasteiger partial charge in [-0.1, -0.05) is 34.1 Å². The van der Waals surface area contributed by atoms with Gasteiger partial charge in [0.05, 0.1) is 0 Å². The predicted octanol–water partition coefficient (Wildman–Crippen LogP) is 1.52. The summed E-state index contributed by atoms with van der Waals surface area (Å²) in [5.74, 6) is -0.869. The van der Waals surface area contributed by atoms with Crippen molar-refractivity contribution in [1.82, 2.24) is 15.5 Å². The van der Waals surface area contributed by atoms with Crippen LogP contribution in [-0.4, -0.2) is 35.8 Å². The molecule has 1 atom stereocenters. The zero-order valence-electron chi connectivity index (χ0n) is 12.1. The van der Waals surface area contributed by atoms with Gasteiger partial charge in [0, 0.05) is 11.0 Å². The van der Waals surface area contributed by atoms with Gasteiger partial charge in [-0.2, -0.15) is 0 Å². The Morgan fingerprint density at radius 1 is 1.50 bits per heavy atom. The number of nitrogens with zero attached hydrogens (tertiary/aromatic N) is 1. The molecule has 0 aliphatic carbocycles. The van der Waals surface area contributed by atoms with Crippen molar-refractivity contribution < 1.29 is 14.4 Å². The topological polar surface area (TPSA) is 78.5 Å². The molecule has 2 rings (SSSR count). The lowest BCUT2D eigenvalue weighted by molar-refractivity contribution is -0.134. The Kier molecular flexibility index (Phi) is 4.65. The lowest BCUT2D eigenvalue weighted by atomic mass is 9.92. The Labute approximate surface area is 136 Å². The van der Waals surface area contributed by atoms with Crippen molar-refractivity contribution in [3.63, 3.8) is 0 Å². The van der Waals surface area contributed by atoms with Crippen LogP contribution in [0, 0.1) is 0 Å². The van der Waals surface area contributed by atoms with Crippen LogP contribution < -0.4 is 10.6 Å². The third kappa shape index (κ3) is 3.04. The highest BCUT2D eigenvalue weighted by Gasteiger charge is 2.49. The Balaban J connectivity index is 2.21. The normalized spacial score (nSPS) is 20.7. The number of halogens is 1. The van der Waals surface area contributed by atoms with Gasteiger partial charge < -0.3 is 10.6 Å². The Hall–Kier alpha value is -2.15. The van der Waals surface area contributed by atoms with Gasteiger partial charge >= 0.3 is 6.03 Å². The molecule has 1 aromatic rings. The maximum Gasteiger partial charge on any atom is 0.325 e. The molecule has 0 radical (unpaired) electrons. The zero-order valence-corrected chi connectivity index (χ0v) is 13.6. The summed E-state index contributed by atoms with van der Waals surface area (Å²) in [6, 6.07) is 6.54. The van der Waals surface area contributed by atoms with Crippen molar-refractivity contribution in [2.75, 3.05) is 13.1 Å². The molecule has 1 saturated heterocycles. The quantitative estimate of drug-likeness (QED) is 0.613. The number of nitrogens with one attached hydrogen (secondary N) is 2. The summed E-state index contributed by atoms with van der Waals surface area (Å²) in [6.45, 7) is 5.07. The van der Waals surface area contributed by atoms with Crippen molar-refractivity contribution in [2.45, 2.75) is 12.5 Å². The molecule has 0 unspecified atom stereocenters. The highest BCUT2D eigenvalue weighted by molar-refractivity contribution is 9.10. The zero-order chi connectivity index (χ0) is 16.3. The number of hydrogen-bond acceptors (Lipinski definition) is 3. The van der Waals surface area contributed by atoms with Crippen molar-refractivity contribution in [3.05, 3.63) is 47.0 Å². The SMILES string of the molecule is C=CCNC(=O)CN1C(=O)N[C@](C)(c2cccc(Br)c2)C1=O. The molecule has 116 valence electrons. The third-order valence-corrected chi connectivity index (χ3v) is 3.92. The molecule has 1 heterocycles. The van der Waals surface area contributed by atoms with E-state index in [9.17, 15) is 14.4 Å². The number of benzene rings is 1. The van der Waals surface area contributed by atoms with E-state index in [0.717, 1.165) is 9.37 Å². The van der Waals surface area contributed by atoms with Crippen LogP contribution in [0.4, 0.5) is 4.79 Å². The fraction of sp³-hybridized carbons (Fsp3) is 0.267. The van der Waals surface area contributed by atoms with Gasteiger partial charge in [-0.05, 0) is 24.6 Å². The molecule has 2 N–H and O–H groups in total. The molecule has 1 aromatic carbocycles. The lowest BCUT2D eigenvalue weighted by Gasteiger charge is -2.22. The fourth-order valence-electron chi connectivity index (χ4n) is 2.22. The largest absolute Gasteiger partial charge is 0.351 e. The number of hydrogen-bond donors (Lipinski definition) is 2. The van der Waals surface area contributed by atoms with Crippen molar-refractivity contribution in [3.8, 4) is 0 Å². The average Bonchev–Trinajstić information content (AvgIpc) is 2.70. The molecule has 0 bridgehead atoms. The van der Waals surface area contributed by atoms with E-state index in [2.05, 4.69) is 33.1 Å². The maximum atomic E-state index is 12.6. The van der Waals surface area contributed by atoms with Crippen LogP contribution >= 0.6 is 15.9 Å². The highest BCUT2D eigenvalue weighted by Crippen LogP contribution is 2.30. The lowest BCUT2D eigenvalue weighted by Crippen LogP contribution is -2.43. The number of rotatable bonds is 5. The summed E-state index contributed by atoms with van der Waals surface area (Å²) in [4.78, 5) is 37.3. The number of imide groups is 1. The van der Waals surface area contributed by atoms with Gasteiger partial charge in [0.2, 0.25) is 5.91 Å². The molecule has 0 spiro atoms. The molecule has 4 amide bonds. The average molecular weight is 366 g/mol. The Morgan fingerprint density at radius 2 is 2.23 bits per heavy atom. The van der Waals surface area contributed by atoms with Crippen LogP contribution in [0.5, 0.6) is 0 Å². The second-order valence-corrected chi connectivity index (χ2v) is 5.97. The van der Waals surface area contributed by atoms with Gasteiger partial charge in [0.15, 0.2) is 0 Å². The van der Waals surface area contributed by atoms with Crippen molar-refractivity contribution >= 4 is 33.8 Å². The minimum absolute atomic E-state index is 0.283. The summed E-state index contributed by atoms with van der Waals surface area (Å²) in [6.07, 6.45) is 1.52. The minimum atomic E-state index is -1.18. The maximum absolute atomic E-state index is 12.6. The molecule has 22 heavy (non-hydrogen) atoms. The molecule has 1 fully saturated rings. The van der Waals surface area contributed by atoms with Crippen LogP contribution in [0.25, 0.3) is 0 Å². The van der Waals surface area contributed by atoms with Gasteiger partial charge in [0.25, 0.3) is 5.91 Å². The van der Waals surface area contributed by atoms with E-state index < -0.39 is 23.4 Å². The van der Waals surface area contributed by atoms with Crippen LogP contribution in [0.1, 0.15) is 12.5 Å². The molecular formula is C15H16BrN3O3. The van der Waals surface area contributed by atoms with Gasteiger partial charge in [-0.25, -0.2) is 4.79 Å². The summed E-state index contributed by atoms with van der Waals surface area (Å²) < 4.78 is 0.801. The summed E-state index contributed by atoms with van der Waals surface area (Å²) in [5, 5.41) is 5.19. The summed E-state index contributed by atoms with van der Waals surface area (Å²) in [5.41, 5.74) is -0.534. The first kappa shape index (κ1) is 16.2. The van der Waals surface area contributed by atoms with E-state index >= 15 is 0 Å². The van der Waals surface area contributed by atoms with Crippen LogP contribution in [0.3, 0.4) is 0 Å². The number of urea groups is 1. The van der Waals surface area contributed by atoms with Gasteiger partial charge in [-0.3, -0.25) is 14.5 Å². The van der Waals surface area contributed by atoms with E-state index in [1.807, 2.05) is 6.07 Å². The van der Waals surface area contributed by atoms with Crippen molar-refractivity contribution in [1.29, 1.82) is 0 Å². The fourth-order valence-corrected chi connectivity index (χ4v) is 2.62. The molecule has 7 heteroatoms.